The van der Waals surface area contributed by atoms with Gasteiger partial charge in [-0.2, -0.15) is 0 Å². The highest BCUT2D eigenvalue weighted by atomic mass is 35.5. The number of hydrogen-bond donors (Lipinski definition) is 2. The fraction of sp³-hybridized carbons (Fsp3) is 0.273. The minimum Gasteiger partial charge on any atom is -0.469 e. The monoisotopic (exact) mass is 254 g/mol. The van der Waals surface area contributed by atoms with Gasteiger partial charge >= 0.3 is 5.97 Å². The quantitative estimate of drug-likeness (QED) is 0.788. The zero-order valence-corrected chi connectivity index (χ0v) is 9.88. The van der Waals surface area contributed by atoms with Gasteiger partial charge in [-0.15, -0.1) is 0 Å². The van der Waals surface area contributed by atoms with E-state index in [-0.39, 0.29) is 12.3 Å². The highest BCUT2D eigenvalue weighted by Gasteiger charge is 2.27. The number of methoxy groups -OCH3 is 1. The van der Waals surface area contributed by atoms with Crippen molar-refractivity contribution < 1.29 is 14.3 Å². The number of anilines is 2. The van der Waals surface area contributed by atoms with E-state index in [9.17, 15) is 9.59 Å². The molecule has 2 rings (SSSR count). The number of halogens is 1. The second-order valence-corrected chi connectivity index (χ2v) is 4.09. The van der Waals surface area contributed by atoms with Gasteiger partial charge in [0, 0.05) is 5.02 Å². The van der Waals surface area contributed by atoms with E-state index >= 15 is 0 Å². The van der Waals surface area contributed by atoms with Gasteiger partial charge in [-0.3, -0.25) is 9.59 Å². The number of rotatable bonds is 2. The Hall–Kier alpha value is -1.75. The summed E-state index contributed by atoms with van der Waals surface area (Å²) in [6.45, 7) is 0. The molecule has 90 valence electrons. The van der Waals surface area contributed by atoms with Gasteiger partial charge in [0.05, 0.1) is 24.9 Å². The SMILES string of the molecule is COC(=O)CC1Nc2ccc(Cl)cc2NC1=O. The van der Waals surface area contributed by atoms with Crippen molar-refractivity contribution in [2.45, 2.75) is 12.5 Å². The maximum absolute atomic E-state index is 11.7. The van der Waals surface area contributed by atoms with E-state index in [2.05, 4.69) is 15.4 Å². The molecule has 0 radical (unpaired) electrons. The fourth-order valence-electron chi connectivity index (χ4n) is 1.61. The molecule has 0 saturated heterocycles. The average Bonchev–Trinajstić information content (AvgIpc) is 2.30. The number of benzene rings is 1. The smallest absolute Gasteiger partial charge is 0.308 e. The van der Waals surface area contributed by atoms with E-state index in [1.165, 1.54) is 7.11 Å². The Morgan fingerprint density at radius 2 is 2.24 bits per heavy atom. The van der Waals surface area contributed by atoms with Crippen molar-refractivity contribution in [2.75, 3.05) is 17.7 Å². The molecule has 0 aromatic heterocycles. The first-order valence-corrected chi connectivity index (χ1v) is 5.41. The average molecular weight is 255 g/mol. The van der Waals surface area contributed by atoms with Crippen molar-refractivity contribution in [3.63, 3.8) is 0 Å². The molecule has 5 nitrogen and oxygen atoms in total. The summed E-state index contributed by atoms with van der Waals surface area (Å²) in [7, 11) is 1.29. The van der Waals surface area contributed by atoms with E-state index in [4.69, 9.17) is 11.6 Å². The lowest BCUT2D eigenvalue weighted by molar-refractivity contribution is -0.142. The van der Waals surface area contributed by atoms with Crippen molar-refractivity contribution in [1.82, 2.24) is 0 Å². The van der Waals surface area contributed by atoms with Crippen molar-refractivity contribution >= 4 is 34.9 Å². The van der Waals surface area contributed by atoms with Crippen LogP contribution in [-0.2, 0) is 14.3 Å². The summed E-state index contributed by atoms with van der Waals surface area (Å²) >= 11 is 5.81. The number of amides is 1. The second-order valence-electron chi connectivity index (χ2n) is 3.66. The highest BCUT2D eigenvalue weighted by Crippen LogP contribution is 2.30. The number of carbonyl (C=O) groups excluding carboxylic acids is 2. The zero-order chi connectivity index (χ0) is 12.4. The molecular formula is C11H11ClN2O3. The first kappa shape index (κ1) is 11.7. The maximum Gasteiger partial charge on any atom is 0.308 e. The van der Waals surface area contributed by atoms with Crippen LogP contribution in [-0.4, -0.2) is 25.0 Å². The minimum absolute atomic E-state index is 0.00952. The van der Waals surface area contributed by atoms with Crippen LogP contribution >= 0.6 is 11.6 Å². The molecule has 1 amide bonds. The van der Waals surface area contributed by atoms with Gasteiger partial charge in [-0.1, -0.05) is 11.6 Å². The summed E-state index contributed by atoms with van der Waals surface area (Å²) in [4.78, 5) is 22.8. The summed E-state index contributed by atoms with van der Waals surface area (Å²) in [6, 6.07) is 4.49. The van der Waals surface area contributed by atoms with E-state index in [1.54, 1.807) is 18.2 Å². The Morgan fingerprint density at radius 1 is 1.47 bits per heavy atom. The van der Waals surface area contributed by atoms with Crippen LogP contribution in [0.1, 0.15) is 6.42 Å². The summed E-state index contributed by atoms with van der Waals surface area (Å²) in [5.41, 5.74) is 1.35. The Labute approximate surface area is 103 Å². The van der Waals surface area contributed by atoms with Crippen LogP contribution in [0, 0.1) is 0 Å². The first-order valence-electron chi connectivity index (χ1n) is 5.04. The predicted octanol–water partition coefficient (Wildman–Crippen LogP) is 1.64. The van der Waals surface area contributed by atoms with Gasteiger partial charge < -0.3 is 15.4 Å². The molecule has 1 aliphatic rings. The minimum atomic E-state index is -0.615. The van der Waals surface area contributed by atoms with Gasteiger partial charge in [-0.25, -0.2) is 0 Å². The molecular weight excluding hydrogens is 244 g/mol. The van der Waals surface area contributed by atoms with Gasteiger partial charge in [0.15, 0.2) is 0 Å². The lowest BCUT2D eigenvalue weighted by atomic mass is 10.1. The zero-order valence-electron chi connectivity index (χ0n) is 9.12. The summed E-state index contributed by atoms with van der Waals surface area (Å²) < 4.78 is 4.53. The standard InChI is InChI=1S/C11H11ClN2O3/c1-17-10(15)5-9-11(16)14-8-4-6(12)2-3-7(8)13-9/h2-4,9,13H,5H2,1H3,(H,14,16). The van der Waals surface area contributed by atoms with Crippen LogP contribution in [0.5, 0.6) is 0 Å². The number of fused-ring (bicyclic) bond motifs is 1. The number of esters is 1. The Bertz CT molecular complexity index is 476. The predicted molar refractivity (Wildman–Crippen MR) is 64.1 cm³/mol. The van der Waals surface area contributed by atoms with Crippen molar-refractivity contribution in [3.05, 3.63) is 23.2 Å². The number of nitrogens with one attached hydrogen (secondary N) is 2. The van der Waals surface area contributed by atoms with Gasteiger partial charge in [-0.05, 0) is 18.2 Å². The van der Waals surface area contributed by atoms with Crippen LogP contribution in [0.4, 0.5) is 11.4 Å². The summed E-state index contributed by atoms with van der Waals surface area (Å²) in [6.07, 6.45) is -0.00952. The number of hydrogen-bond acceptors (Lipinski definition) is 4. The van der Waals surface area contributed by atoms with E-state index < -0.39 is 12.0 Å². The largest absolute Gasteiger partial charge is 0.469 e. The third-order valence-corrected chi connectivity index (χ3v) is 2.72. The second kappa shape index (κ2) is 4.63. The molecule has 1 unspecified atom stereocenters. The molecule has 0 saturated carbocycles. The van der Waals surface area contributed by atoms with E-state index in [0.29, 0.717) is 10.7 Å². The van der Waals surface area contributed by atoms with Crippen molar-refractivity contribution in [1.29, 1.82) is 0 Å². The third-order valence-electron chi connectivity index (χ3n) is 2.48. The lowest BCUT2D eigenvalue weighted by Crippen LogP contribution is -2.40. The fourth-order valence-corrected chi connectivity index (χ4v) is 1.78. The van der Waals surface area contributed by atoms with Crippen LogP contribution in [0.15, 0.2) is 18.2 Å². The molecule has 0 spiro atoms. The summed E-state index contributed by atoms with van der Waals surface area (Å²) in [5.74, 6) is -0.708. The molecule has 0 fully saturated rings. The molecule has 17 heavy (non-hydrogen) atoms. The maximum atomic E-state index is 11.7. The van der Waals surface area contributed by atoms with E-state index in [0.717, 1.165) is 5.69 Å². The Balaban J connectivity index is 2.18. The van der Waals surface area contributed by atoms with E-state index in [1.807, 2.05) is 0 Å². The van der Waals surface area contributed by atoms with Crippen LogP contribution < -0.4 is 10.6 Å². The molecule has 6 heteroatoms. The number of ether oxygens (including phenoxy) is 1. The van der Waals surface area contributed by atoms with Crippen LogP contribution in [0.25, 0.3) is 0 Å². The lowest BCUT2D eigenvalue weighted by Gasteiger charge is -2.26. The molecule has 1 aromatic rings. The van der Waals surface area contributed by atoms with Crippen molar-refractivity contribution in [3.8, 4) is 0 Å². The molecule has 1 atom stereocenters. The Morgan fingerprint density at radius 3 is 2.94 bits per heavy atom. The van der Waals surface area contributed by atoms with Crippen LogP contribution in [0.2, 0.25) is 5.02 Å². The van der Waals surface area contributed by atoms with Gasteiger partial charge in [0.2, 0.25) is 5.91 Å². The third kappa shape index (κ3) is 2.50. The first-order chi connectivity index (χ1) is 8.10. The molecule has 1 aromatic carbocycles. The van der Waals surface area contributed by atoms with Gasteiger partial charge in [0.1, 0.15) is 6.04 Å². The topological polar surface area (TPSA) is 67.4 Å². The normalized spacial score (nSPS) is 17.8. The molecule has 1 heterocycles. The molecule has 1 aliphatic heterocycles. The van der Waals surface area contributed by atoms with Gasteiger partial charge in [0.25, 0.3) is 0 Å². The number of carbonyl (C=O) groups is 2. The van der Waals surface area contributed by atoms with Crippen LogP contribution in [0.3, 0.4) is 0 Å². The molecule has 0 bridgehead atoms. The summed E-state index contributed by atoms with van der Waals surface area (Å²) in [5, 5.41) is 6.19. The molecule has 0 aliphatic carbocycles. The molecule has 2 N–H and O–H groups in total. The highest BCUT2D eigenvalue weighted by molar-refractivity contribution is 6.31. The van der Waals surface area contributed by atoms with Crippen molar-refractivity contribution in [2.24, 2.45) is 0 Å². The Kier molecular flexibility index (Phi) is 3.19.